The lowest BCUT2D eigenvalue weighted by Gasteiger charge is -2.23. The molecule has 0 aromatic heterocycles. The molecule has 0 spiro atoms. The molecule has 8 nitrogen and oxygen atoms in total. The fourth-order valence-electron chi connectivity index (χ4n) is 5.29. The van der Waals surface area contributed by atoms with Crippen LogP contribution in [0.1, 0.15) is 37.8 Å². The van der Waals surface area contributed by atoms with E-state index in [4.69, 9.17) is 40.0 Å². The summed E-state index contributed by atoms with van der Waals surface area (Å²) in [5, 5.41) is 3.52. The number of esters is 2. The Balaban J connectivity index is 1.43. The number of fused-ring (bicyclic) bond motifs is 2. The molecule has 0 saturated carbocycles. The number of hydrogen-bond donors (Lipinski definition) is 0. The highest BCUT2D eigenvalue weighted by molar-refractivity contribution is 6.31. The van der Waals surface area contributed by atoms with Crippen LogP contribution in [0.25, 0.3) is 21.5 Å². The van der Waals surface area contributed by atoms with Crippen molar-refractivity contribution in [2.75, 3.05) is 26.4 Å². The fourth-order valence-corrected chi connectivity index (χ4v) is 5.47. The fraction of sp³-hybridized carbons (Fsp3) is 0.300. The van der Waals surface area contributed by atoms with Gasteiger partial charge < -0.3 is 28.4 Å². The highest BCUT2D eigenvalue weighted by Gasteiger charge is 2.23. The Labute approximate surface area is 291 Å². The zero-order chi connectivity index (χ0) is 34.8. The Kier molecular flexibility index (Phi) is 12.2. The largest absolute Gasteiger partial charge is 0.490 e. The first-order valence-electron chi connectivity index (χ1n) is 16.4. The van der Waals surface area contributed by atoms with Crippen LogP contribution in [0, 0.1) is 13.8 Å². The first-order chi connectivity index (χ1) is 23.7. The minimum Gasteiger partial charge on any atom is -0.490 e. The first-order valence-corrected chi connectivity index (χ1v) is 16.8. The summed E-state index contributed by atoms with van der Waals surface area (Å²) in [5.41, 5.74) is 2.12. The number of carbonyl (C=O) groups is 2. The van der Waals surface area contributed by atoms with E-state index >= 15 is 0 Å². The SMILES string of the molecule is CCC(=O)OC(COc1cccc(C)c1)COc1c2ccccc2c(OCC(COc2cccc(C)c2)OC(=O)CC)c2cc(Cl)ccc12. The van der Waals surface area contributed by atoms with Gasteiger partial charge >= 0.3 is 11.9 Å². The predicted octanol–water partition coefficient (Wildman–Crippen LogP) is 8.82. The Hall–Kier alpha value is -4.95. The zero-order valence-electron chi connectivity index (χ0n) is 28.2. The molecule has 5 aromatic carbocycles. The van der Waals surface area contributed by atoms with Crippen molar-refractivity contribution in [3.8, 4) is 23.0 Å². The molecule has 0 N–H and O–H groups in total. The van der Waals surface area contributed by atoms with E-state index in [2.05, 4.69) is 0 Å². The van der Waals surface area contributed by atoms with Crippen molar-refractivity contribution in [3.63, 3.8) is 0 Å². The van der Waals surface area contributed by atoms with Gasteiger partial charge in [-0.25, -0.2) is 0 Å². The van der Waals surface area contributed by atoms with E-state index in [1.807, 2.05) is 98.8 Å². The van der Waals surface area contributed by atoms with Crippen LogP contribution in [0.15, 0.2) is 91.0 Å². The van der Waals surface area contributed by atoms with Gasteiger partial charge in [0.2, 0.25) is 0 Å². The van der Waals surface area contributed by atoms with Gasteiger partial charge in [-0.2, -0.15) is 0 Å². The Morgan fingerprint density at radius 1 is 0.551 bits per heavy atom. The van der Waals surface area contributed by atoms with E-state index in [1.54, 1.807) is 19.9 Å². The molecule has 0 aliphatic rings. The molecule has 49 heavy (non-hydrogen) atoms. The van der Waals surface area contributed by atoms with Crippen molar-refractivity contribution in [1.82, 2.24) is 0 Å². The summed E-state index contributed by atoms with van der Waals surface area (Å²) < 4.78 is 36.4. The third-order valence-electron chi connectivity index (χ3n) is 7.74. The second-order valence-corrected chi connectivity index (χ2v) is 12.1. The summed E-state index contributed by atoms with van der Waals surface area (Å²) in [6.07, 6.45) is -0.909. The molecule has 0 bridgehead atoms. The second-order valence-electron chi connectivity index (χ2n) is 11.7. The number of carbonyl (C=O) groups excluding carboxylic acids is 2. The van der Waals surface area contributed by atoms with Crippen LogP contribution in [-0.4, -0.2) is 50.6 Å². The van der Waals surface area contributed by atoms with Crippen molar-refractivity contribution in [2.45, 2.75) is 52.7 Å². The number of hydrogen-bond acceptors (Lipinski definition) is 8. The highest BCUT2D eigenvalue weighted by Crippen LogP contribution is 2.44. The van der Waals surface area contributed by atoms with Gasteiger partial charge in [0.25, 0.3) is 0 Å². The summed E-state index contributed by atoms with van der Waals surface area (Å²) >= 11 is 6.53. The molecular weight excluding hydrogens is 644 g/mol. The summed E-state index contributed by atoms with van der Waals surface area (Å²) in [6.45, 7) is 7.75. The van der Waals surface area contributed by atoms with Crippen LogP contribution in [0.2, 0.25) is 5.02 Å². The van der Waals surface area contributed by atoms with Crippen molar-refractivity contribution < 1.29 is 38.0 Å². The van der Waals surface area contributed by atoms with E-state index in [0.717, 1.165) is 27.3 Å². The molecule has 0 amide bonds. The molecule has 0 fully saturated rings. The molecule has 5 rings (SSSR count). The standard InChI is InChI=1S/C40H41ClO8/c1-5-37(42)48-31(22-44-29-13-9-11-26(3)19-29)24-46-39-33-15-7-8-16-34(33)40(36-21-28(41)17-18-35(36)39)47-25-32(49-38(43)6-2)23-45-30-14-10-12-27(4)20-30/h7-21,31-32H,5-6,22-25H2,1-4H3. The van der Waals surface area contributed by atoms with Crippen LogP contribution in [-0.2, 0) is 19.1 Å². The van der Waals surface area contributed by atoms with Crippen molar-refractivity contribution in [1.29, 1.82) is 0 Å². The van der Waals surface area contributed by atoms with Gasteiger partial charge in [-0.1, -0.05) is 74.0 Å². The Morgan fingerprint density at radius 2 is 1.00 bits per heavy atom. The second kappa shape index (κ2) is 16.9. The minimum atomic E-state index is -0.681. The molecule has 2 atom stereocenters. The van der Waals surface area contributed by atoms with E-state index in [9.17, 15) is 9.59 Å². The predicted molar refractivity (Wildman–Crippen MR) is 191 cm³/mol. The average Bonchev–Trinajstić information content (AvgIpc) is 3.10. The van der Waals surface area contributed by atoms with Crippen molar-refractivity contribution >= 4 is 45.1 Å². The molecular formula is C40H41ClO8. The maximum Gasteiger partial charge on any atom is 0.306 e. The van der Waals surface area contributed by atoms with Gasteiger partial charge in [0.1, 0.15) is 49.4 Å². The quantitative estimate of drug-likeness (QED) is 0.0753. The first kappa shape index (κ1) is 35.4. The molecule has 9 heteroatoms. The molecule has 0 heterocycles. The van der Waals surface area contributed by atoms with Gasteiger partial charge in [0.15, 0.2) is 12.2 Å². The minimum absolute atomic E-state index is 0.0364. The third kappa shape index (κ3) is 9.57. The van der Waals surface area contributed by atoms with Crippen molar-refractivity contribution in [3.05, 3.63) is 107 Å². The molecule has 0 aliphatic carbocycles. The van der Waals surface area contributed by atoms with Gasteiger partial charge in [0.05, 0.1) is 0 Å². The van der Waals surface area contributed by atoms with Crippen LogP contribution >= 0.6 is 11.6 Å². The normalized spacial score (nSPS) is 12.3. The number of rotatable bonds is 16. The topological polar surface area (TPSA) is 89.5 Å². The lowest BCUT2D eigenvalue weighted by atomic mass is 10.0. The maximum atomic E-state index is 12.4. The number of aryl methyl sites for hydroxylation is 2. The van der Waals surface area contributed by atoms with Gasteiger partial charge in [-0.15, -0.1) is 0 Å². The zero-order valence-corrected chi connectivity index (χ0v) is 29.0. The van der Waals surface area contributed by atoms with E-state index in [-0.39, 0.29) is 51.2 Å². The molecule has 0 saturated heterocycles. The molecule has 5 aromatic rings. The smallest absolute Gasteiger partial charge is 0.306 e. The summed E-state index contributed by atoms with van der Waals surface area (Å²) in [6, 6.07) is 28.5. The average molecular weight is 685 g/mol. The summed E-state index contributed by atoms with van der Waals surface area (Å²) in [4.78, 5) is 24.7. The Bertz CT molecular complexity index is 1910. The Morgan fingerprint density at radius 3 is 1.47 bits per heavy atom. The highest BCUT2D eigenvalue weighted by atomic mass is 35.5. The monoisotopic (exact) mass is 684 g/mol. The van der Waals surface area contributed by atoms with Gasteiger partial charge in [0, 0.05) is 39.4 Å². The van der Waals surface area contributed by atoms with Crippen molar-refractivity contribution in [2.24, 2.45) is 0 Å². The summed E-state index contributed by atoms with van der Waals surface area (Å²) in [7, 11) is 0. The molecule has 2 unspecified atom stereocenters. The van der Waals surface area contributed by atoms with Crippen LogP contribution < -0.4 is 18.9 Å². The number of ether oxygens (including phenoxy) is 6. The van der Waals surface area contributed by atoms with E-state index < -0.39 is 12.2 Å². The van der Waals surface area contributed by atoms with Gasteiger partial charge in [-0.05, 0) is 67.4 Å². The number of halogens is 1. The van der Waals surface area contributed by atoms with Crippen LogP contribution in [0.5, 0.6) is 23.0 Å². The lowest BCUT2D eigenvalue weighted by molar-refractivity contribution is -0.152. The molecule has 0 aliphatic heterocycles. The van der Waals surface area contributed by atoms with E-state index in [1.165, 1.54) is 0 Å². The van der Waals surface area contributed by atoms with Crippen LogP contribution in [0.3, 0.4) is 0 Å². The van der Waals surface area contributed by atoms with Gasteiger partial charge in [-0.3, -0.25) is 9.59 Å². The van der Waals surface area contributed by atoms with E-state index in [0.29, 0.717) is 33.4 Å². The lowest BCUT2D eigenvalue weighted by Crippen LogP contribution is -2.31. The molecule has 256 valence electrons. The maximum absolute atomic E-state index is 12.4. The summed E-state index contributed by atoms with van der Waals surface area (Å²) in [5.74, 6) is 1.79. The molecule has 0 radical (unpaired) electrons. The number of benzene rings is 5. The van der Waals surface area contributed by atoms with Crippen LogP contribution in [0.4, 0.5) is 0 Å². The third-order valence-corrected chi connectivity index (χ3v) is 7.97.